The molecule has 8 nitrogen and oxygen atoms in total. The second-order valence-electron chi connectivity index (χ2n) is 8.55. The number of hydrogen-bond acceptors (Lipinski definition) is 7. The molecule has 1 amide bonds. The number of pyridine rings is 2. The molecule has 3 heterocycles. The topological polar surface area (TPSA) is 96.8 Å². The van der Waals surface area contributed by atoms with Crippen molar-refractivity contribution in [3.8, 4) is 17.2 Å². The molecule has 2 fully saturated rings. The zero-order valence-electron chi connectivity index (χ0n) is 17.7. The second-order valence-corrected chi connectivity index (χ2v) is 8.55. The Morgan fingerprint density at radius 1 is 1.19 bits per heavy atom. The largest absolute Gasteiger partial charge is 0.493 e. The lowest BCUT2D eigenvalue weighted by molar-refractivity contribution is -0.105. The third kappa shape index (κ3) is 4.37. The van der Waals surface area contributed by atoms with E-state index in [1.54, 1.807) is 30.6 Å². The van der Waals surface area contributed by atoms with E-state index in [-0.39, 0.29) is 11.5 Å². The van der Waals surface area contributed by atoms with Gasteiger partial charge in [-0.1, -0.05) is 0 Å². The van der Waals surface area contributed by atoms with E-state index in [1.807, 2.05) is 18.2 Å². The molecule has 1 aliphatic heterocycles. The molecule has 1 atom stereocenters. The van der Waals surface area contributed by atoms with Crippen molar-refractivity contribution in [2.45, 2.75) is 25.4 Å². The number of nitrogens with one attached hydrogen (secondary N) is 1. The second kappa shape index (κ2) is 8.72. The molecule has 1 unspecified atom stereocenters. The highest BCUT2D eigenvalue weighted by molar-refractivity contribution is 5.86. The van der Waals surface area contributed by atoms with Crippen LogP contribution in [0.15, 0.2) is 48.8 Å². The van der Waals surface area contributed by atoms with Crippen molar-refractivity contribution in [2.75, 3.05) is 31.6 Å². The van der Waals surface area contributed by atoms with E-state index < -0.39 is 0 Å². The average molecular weight is 434 g/mol. The molecule has 2 N–H and O–H groups in total. The monoisotopic (exact) mass is 434 g/mol. The predicted octanol–water partition coefficient (Wildman–Crippen LogP) is 3.22. The van der Waals surface area contributed by atoms with E-state index in [4.69, 9.17) is 9.47 Å². The first-order chi connectivity index (χ1) is 15.6. The van der Waals surface area contributed by atoms with Gasteiger partial charge in [-0.2, -0.15) is 0 Å². The number of anilines is 1. The van der Waals surface area contributed by atoms with Crippen molar-refractivity contribution < 1.29 is 19.4 Å². The Hall–Kier alpha value is -3.23. The Morgan fingerprint density at radius 2 is 2.06 bits per heavy atom. The molecule has 3 aromatic rings. The van der Waals surface area contributed by atoms with Gasteiger partial charge in [0.1, 0.15) is 23.1 Å². The summed E-state index contributed by atoms with van der Waals surface area (Å²) in [5, 5.41) is 13.5. The summed E-state index contributed by atoms with van der Waals surface area (Å²) in [6.07, 6.45) is 6.92. The van der Waals surface area contributed by atoms with Gasteiger partial charge in [0, 0.05) is 42.7 Å². The molecule has 32 heavy (non-hydrogen) atoms. The zero-order chi connectivity index (χ0) is 22.0. The third-order valence-electron chi connectivity index (χ3n) is 6.30. The molecule has 5 rings (SSSR count). The molecule has 1 saturated heterocycles. The van der Waals surface area contributed by atoms with Crippen LogP contribution in [0.3, 0.4) is 0 Å². The lowest BCUT2D eigenvalue weighted by Crippen LogP contribution is -2.24. The van der Waals surface area contributed by atoms with Crippen LogP contribution in [0.4, 0.5) is 5.82 Å². The smallest absolute Gasteiger partial charge is 0.212 e. The minimum atomic E-state index is -0.159. The number of fused-ring (bicyclic) bond motifs is 1. The molecule has 1 aromatic carbocycles. The number of likely N-dealkylation sites (tertiary alicyclic amines) is 1. The van der Waals surface area contributed by atoms with Gasteiger partial charge in [-0.05, 0) is 49.6 Å². The van der Waals surface area contributed by atoms with E-state index in [0.29, 0.717) is 30.3 Å². The van der Waals surface area contributed by atoms with Crippen molar-refractivity contribution in [3.05, 3.63) is 48.8 Å². The van der Waals surface area contributed by atoms with Gasteiger partial charge in [0.25, 0.3) is 0 Å². The van der Waals surface area contributed by atoms with Gasteiger partial charge in [-0.3, -0.25) is 14.7 Å². The van der Waals surface area contributed by atoms with Crippen LogP contribution in [0, 0.1) is 5.41 Å². The summed E-state index contributed by atoms with van der Waals surface area (Å²) in [7, 11) is 0. The standard InChI is InChI=1S/C24H26N4O4/c29-16-27-23-5-3-18(13-26-23)32-21-6-9-25-20-12-17(2-4-19(20)21)31-11-1-10-28-14-22(30)24(15-28)7-8-24/h2-6,9,12-13,16,22,30H,1,7-8,10-11,14-15H2,(H,26,27,29). The summed E-state index contributed by atoms with van der Waals surface area (Å²) < 4.78 is 11.9. The number of carbonyl (C=O) groups is 1. The van der Waals surface area contributed by atoms with Crippen LogP contribution < -0.4 is 14.8 Å². The minimum absolute atomic E-state index is 0.159. The Morgan fingerprint density at radius 3 is 2.81 bits per heavy atom. The zero-order valence-corrected chi connectivity index (χ0v) is 17.7. The van der Waals surface area contributed by atoms with Crippen molar-refractivity contribution in [1.29, 1.82) is 0 Å². The van der Waals surface area contributed by atoms with Crippen molar-refractivity contribution in [3.63, 3.8) is 0 Å². The van der Waals surface area contributed by atoms with E-state index in [0.717, 1.165) is 55.5 Å². The third-order valence-corrected chi connectivity index (χ3v) is 6.30. The SMILES string of the molecule is O=CNc1ccc(Oc2ccnc3cc(OCCCN4CC(O)C5(CC5)C4)ccc23)cn1. The van der Waals surface area contributed by atoms with Gasteiger partial charge < -0.3 is 19.9 Å². The van der Waals surface area contributed by atoms with Gasteiger partial charge in [-0.25, -0.2) is 4.98 Å². The fourth-order valence-corrected chi connectivity index (χ4v) is 4.35. The van der Waals surface area contributed by atoms with Gasteiger partial charge in [-0.15, -0.1) is 0 Å². The summed E-state index contributed by atoms with van der Waals surface area (Å²) in [6.45, 7) is 3.36. The number of hydrogen-bond donors (Lipinski definition) is 2. The number of aliphatic hydroxyl groups excluding tert-OH is 1. The van der Waals surface area contributed by atoms with Crippen LogP contribution in [0.2, 0.25) is 0 Å². The van der Waals surface area contributed by atoms with Crippen molar-refractivity contribution >= 4 is 23.1 Å². The molecule has 8 heteroatoms. The number of benzene rings is 1. The highest BCUT2D eigenvalue weighted by Gasteiger charge is 2.54. The molecule has 166 valence electrons. The number of nitrogens with zero attached hydrogens (tertiary/aromatic N) is 3. The quantitative estimate of drug-likeness (QED) is 0.394. The highest BCUT2D eigenvalue weighted by atomic mass is 16.5. The molecule has 1 spiro atoms. The summed E-state index contributed by atoms with van der Waals surface area (Å²) in [4.78, 5) is 21.4. The first-order valence-electron chi connectivity index (χ1n) is 10.9. The van der Waals surface area contributed by atoms with E-state index >= 15 is 0 Å². The van der Waals surface area contributed by atoms with E-state index in [1.165, 1.54) is 0 Å². The number of amides is 1. The van der Waals surface area contributed by atoms with Gasteiger partial charge in [0.15, 0.2) is 0 Å². The summed E-state index contributed by atoms with van der Waals surface area (Å²) in [6, 6.07) is 11.0. The fraction of sp³-hybridized carbons (Fsp3) is 0.375. The highest BCUT2D eigenvalue weighted by Crippen LogP contribution is 2.52. The number of aromatic nitrogens is 2. The normalized spacial score (nSPS) is 19.2. The molecular weight excluding hydrogens is 408 g/mol. The first-order valence-corrected chi connectivity index (χ1v) is 10.9. The summed E-state index contributed by atoms with van der Waals surface area (Å²) in [5.74, 6) is 2.46. The maximum Gasteiger partial charge on any atom is 0.212 e. The fourth-order valence-electron chi connectivity index (χ4n) is 4.35. The van der Waals surface area contributed by atoms with Crippen molar-refractivity contribution in [1.82, 2.24) is 14.9 Å². The number of carbonyl (C=O) groups excluding carboxylic acids is 1. The van der Waals surface area contributed by atoms with Crippen LogP contribution in [-0.2, 0) is 4.79 Å². The Bertz CT molecular complexity index is 1100. The lowest BCUT2D eigenvalue weighted by atomic mass is 10.0. The van der Waals surface area contributed by atoms with E-state index in [9.17, 15) is 9.90 Å². The molecule has 1 aliphatic carbocycles. The Kier molecular flexibility index (Phi) is 5.63. The lowest BCUT2D eigenvalue weighted by Gasteiger charge is -2.15. The van der Waals surface area contributed by atoms with Crippen LogP contribution >= 0.6 is 0 Å². The number of β-amino-alcohol motifs (C(OH)–C–C–N with tert-alkyl or cyclic N) is 1. The predicted molar refractivity (Wildman–Crippen MR) is 120 cm³/mol. The Labute approximate surface area is 186 Å². The maximum atomic E-state index is 10.5. The minimum Gasteiger partial charge on any atom is -0.493 e. The van der Waals surface area contributed by atoms with Gasteiger partial charge in [0.2, 0.25) is 6.41 Å². The summed E-state index contributed by atoms with van der Waals surface area (Å²) >= 11 is 0. The molecule has 2 aromatic heterocycles. The molecule has 0 bridgehead atoms. The van der Waals surface area contributed by atoms with Gasteiger partial charge in [0.05, 0.1) is 24.4 Å². The van der Waals surface area contributed by atoms with Crippen LogP contribution in [0.5, 0.6) is 17.2 Å². The van der Waals surface area contributed by atoms with Gasteiger partial charge >= 0.3 is 0 Å². The molecule has 1 saturated carbocycles. The van der Waals surface area contributed by atoms with Crippen LogP contribution in [-0.4, -0.2) is 58.7 Å². The maximum absolute atomic E-state index is 10.5. The number of ether oxygens (including phenoxy) is 2. The number of aliphatic hydroxyl groups is 1. The Balaban J connectivity index is 1.17. The van der Waals surface area contributed by atoms with E-state index in [2.05, 4.69) is 20.2 Å². The van der Waals surface area contributed by atoms with Crippen LogP contribution in [0.25, 0.3) is 10.9 Å². The summed E-state index contributed by atoms with van der Waals surface area (Å²) in [5.41, 5.74) is 0.986. The average Bonchev–Trinajstić information content (AvgIpc) is 3.52. The molecular formula is C24H26N4O4. The van der Waals surface area contributed by atoms with Crippen molar-refractivity contribution in [2.24, 2.45) is 5.41 Å². The van der Waals surface area contributed by atoms with Crippen LogP contribution in [0.1, 0.15) is 19.3 Å². The first kappa shape index (κ1) is 20.7. The number of rotatable bonds is 9. The molecule has 2 aliphatic rings. The molecule has 0 radical (unpaired) electrons.